The summed E-state index contributed by atoms with van der Waals surface area (Å²) < 4.78 is 27.5. The van der Waals surface area contributed by atoms with Crippen molar-refractivity contribution in [3.8, 4) is 0 Å². The third-order valence-corrected chi connectivity index (χ3v) is 4.60. The summed E-state index contributed by atoms with van der Waals surface area (Å²) in [5.74, 6) is -4.08. The second kappa shape index (κ2) is 8.51. The number of nitrogens with two attached hydrogens (primary N) is 1. The zero-order chi connectivity index (χ0) is 17.6. The van der Waals surface area contributed by atoms with Gasteiger partial charge in [-0.3, -0.25) is 9.78 Å². The van der Waals surface area contributed by atoms with Crippen molar-refractivity contribution in [3.05, 3.63) is 29.1 Å². The molecule has 0 saturated carbocycles. The summed E-state index contributed by atoms with van der Waals surface area (Å²) in [6, 6.07) is 2.92. The number of hydrogen-bond acceptors (Lipinski definition) is 3. The molecule has 0 spiro atoms. The number of hydrogen-bond donors (Lipinski definition) is 2. The number of pyridine rings is 1. The predicted octanol–water partition coefficient (Wildman–Crippen LogP) is 3.50. The first-order chi connectivity index (χ1) is 11.4. The van der Waals surface area contributed by atoms with E-state index in [1.165, 1.54) is 24.1 Å². The van der Waals surface area contributed by atoms with E-state index in [0.717, 1.165) is 18.5 Å². The van der Waals surface area contributed by atoms with E-state index < -0.39 is 24.4 Å². The Morgan fingerprint density at radius 3 is 2.75 bits per heavy atom. The van der Waals surface area contributed by atoms with Crippen molar-refractivity contribution in [1.82, 2.24) is 4.98 Å². The lowest BCUT2D eigenvalue weighted by Crippen LogP contribution is -2.32. The van der Waals surface area contributed by atoms with E-state index in [1.807, 2.05) is 6.07 Å². The van der Waals surface area contributed by atoms with Gasteiger partial charge in [0.1, 0.15) is 6.04 Å². The van der Waals surface area contributed by atoms with Crippen LogP contribution in [0.15, 0.2) is 12.1 Å². The first-order valence-electron chi connectivity index (χ1n) is 8.71. The number of carboxylic acids is 1. The first-order valence-corrected chi connectivity index (χ1v) is 8.71. The number of alkyl halides is 2. The van der Waals surface area contributed by atoms with Gasteiger partial charge in [0.15, 0.2) is 0 Å². The molecule has 4 nitrogen and oxygen atoms in total. The minimum Gasteiger partial charge on any atom is -0.480 e. The van der Waals surface area contributed by atoms with Crippen molar-refractivity contribution in [1.29, 1.82) is 0 Å². The molecule has 0 fully saturated rings. The minimum absolute atomic E-state index is 0.200. The lowest BCUT2D eigenvalue weighted by atomic mass is 9.95. The Hall–Kier alpha value is -1.56. The molecule has 2 rings (SSSR count). The van der Waals surface area contributed by atoms with E-state index in [4.69, 9.17) is 10.8 Å². The Kier molecular flexibility index (Phi) is 6.66. The average Bonchev–Trinajstić information content (AvgIpc) is 2.56. The number of aliphatic carboxylic acids is 1. The molecule has 134 valence electrons. The second-order valence-corrected chi connectivity index (χ2v) is 6.66. The molecule has 1 atom stereocenters. The predicted molar refractivity (Wildman–Crippen MR) is 88.2 cm³/mol. The van der Waals surface area contributed by atoms with E-state index in [-0.39, 0.29) is 12.8 Å². The summed E-state index contributed by atoms with van der Waals surface area (Å²) in [6.45, 7) is 0. The van der Waals surface area contributed by atoms with Gasteiger partial charge in [-0.2, -0.15) is 0 Å². The minimum atomic E-state index is -2.85. The van der Waals surface area contributed by atoms with E-state index in [0.29, 0.717) is 19.3 Å². The SMILES string of the molecule is N[C@@H](CCC(F)(F)CCCCc1ccc2c(n1)CCCC2)C(=O)O. The molecule has 0 amide bonds. The van der Waals surface area contributed by atoms with Crippen LogP contribution in [-0.2, 0) is 24.1 Å². The molecule has 6 heteroatoms. The zero-order valence-corrected chi connectivity index (χ0v) is 13.9. The number of unbranched alkanes of at least 4 members (excludes halogenated alkanes) is 1. The third kappa shape index (κ3) is 5.82. The number of fused-ring (bicyclic) bond motifs is 1. The van der Waals surface area contributed by atoms with E-state index in [2.05, 4.69) is 11.1 Å². The average molecular weight is 340 g/mol. The van der Waals surface area contributed by atoms with Gasteiger partial charge in [-0.15, -0.1) is 0 Å². The number of halogens is 2. The fourth-order valence-corrected chi connectivity index (χ4v) is 3.07. The molecule has 3 N–H and O–H groups in total. The molecular formula is C18H26F2N2O2. The molecule has 0 aliphatic heterocycles. The first kappa shape index (κ1) is 18.8. The van der Waals surface area contributed by atoms with Crippen molar-refractivity contribution in [2.24, 2.45) is 5.73 Å². The van der Waals surface area contributed by atoms with Crippen LogP contribution in [0, 0.1) is 0 Å². The maximum atomic E-state index is 13.7. The highest BCUT2D eigenvalue weighted by Crippen LogP contribution is 2.28. The molecule has 24 heavy (non-hydrogen) atoms. The van der Waals surface area contributed by atoms with Crippen molar-refractivity contribution in [3.63, 3.8) is 0 Å². The maximum Gasteiger partial charge on any atom is 0.320 e. The highest BCUT2D eigenvalue weighted by atomic mass is 19.3. The smallest absolute Gasteiger partial charge is 0.320 e. The van der Waals surface area contributed by atoms with Gasteiger partial charge in [-0.1, -0.05) is 6.07 Å². The lowest BCUT2D eigenvalue weighted by Gasteiger charge is -2.18. The van der Waals surface area contributed by atoms with Crippen molar-refractivity contribution < 1.29 is 18.7 Å². The van der Waals surface area contributed by atoms with Gasteiger partial charge in [0.2, 0.25) is 5.92 Å². The normalized spacial score (nSPS) is 15.8. The van der Waals surface area contributed by atoms with Gasteiger partial charge >= 0.3 is 5.97 Å². The molecular weight excluding hydrogens is 314 g/mol. The number of aromatic nitrogens is 1. The Morgan fingerprint density at radius 1 is 1.25 bits per heavy atom. The van der Waals surface area contributed by atoms with Gasteiger partial charge in [0.05, 0.1) is 0 Å². The number of carbonyl (C=O) groups is 1. The van der Waals surface area contributed by atoms with Gasteiger partial charge < -0.3 is 10.8 Å². The van der Waals surface area contributed by atoms with Gasteiger partial charge in [-0.25, -0.2) is 8.78 Å². The summed E-state index contributed by atoms with van der Waals surface area (Å²) >= 11 is 0. The van der Waals surface area contributed by atoms with Crippen molar-refractivity contribution in [2.45, 2.75) is 76.2 Å². The molecule has 0 aromatic carbocycles. The van der Waals surface area contributed by atoms with E-state index in [1.54, 1.807) is 0 Å². The summed E-state index contributed by atoms with van der Waals surface area (Å²) in [5.41, 5.74) is 8.75. The van der Waals surface area contributed by atoms with E-state index >= 15 is 0 Å². The topological polar surface area (TPSA) is 76.2 Å². The largest absolute Gasteiger partial charge is 0.480 e. The fraction of sp³-hybridized carbons (Fsp3) is 0.667. The number of nitrogens with zero attached hydrogens (tertiary/aromatic N) is 1. The second-order valence-electron chi connectivity index (χ2n) is 6.66. The van der Waals surface area contributed by atoms with E-state index in [9.17, 15) is 13.6 Å². The molecule has 0 unspecified atom stereocenters. The summed E-state index contributed by atoms with van der Waals surface area (Å²) in [5, 5.41) is 8.63. The molecule has 1 aliphatic carbocycles. The Balaban J connectivity index is 1.71. The van der Waals surface area contributed by atoms with Crippen LogP contribution >= 0.6 is 0 Å². The highest BCUT2D eigenvalue weighted by molar-refractivity contribution is 5.72. The van der Waals surface area contributed by atoms with Gasteiger partial charge in [0.25, 0.3) is 0 Å². The van der Waals surface area contributed by atoms with Gasteiger partial charge in [-0.05, 0) is 63.0 Å². The quantitative estimate of drug-likeness (QED) is 0.675. The maximum absolute atomic E-state index is 13.7. The molecule has 1 aromatic rings. The Labute approximate surface area is 141 Å². The van der Waals surface area contributed by atoms with Crippen LogP contribution in [0.4, 0.5) is 8.78 Å². The van der Waals surface area contributed by atoms with Crippen molar-refractivity contribution in [2.75, 3.05) is 0 Å². The molecule has 1 heterocycles. The summed E-state index contributed by atoms with van der Waals surface area (Å²) in [7, 11) is 0. The number of aryl methyl sites for hydroxylation is 3. The third-order valence-electron chi connectivity index (χ3n) is 4.60. The molecule has 1 aliphatic rings. The zero-order valence-electron chi connectivity index (χ0n) is 13.9. The highest BCUT2D eigenvalue weighted by Gasteiger charge is 2.29. The fourth-order valence-electron chi connectivity index (χ4n) is 3.07. The van der Waals surface area contributed by atoms with Crippen LogP contribution in [0.2, 0.25) is 0 Å². The Morgan fingerprint density at radius 2 is 2.00 bits per heavy atom. The Bertz CT molecular complexity index is 564. The van der Waals surface area contributed by atoms with Gasteiger partial charge in [0, 0.05) is 24.2 Å². The molecule has 0 radical (unpaired) electrons. The molecule has 0 bridgehead atoms. The molecule has 0 saturated heterocycles. The number of rotatable bonds is 9. The lowest BCUT2D eigenvalue weighted by molar-refractivity contribution is -0.139. The van der Waals surface area contributed by atoms with Crippen LogP contribution in [0.3, 0.4) is 0 Å². The summed E-state index contributed by atoms with van der Waals surface area (Å²) in [6.07, 6.45) is 5.36. The summed E-state index contributed by atoms with van der Waals surface area (Å²) in [4.78, 5) is 15.2. The van der Waals surface area contributed by atoms with Crippen LogP contribution in [0.1, 0.15) is 61.9 Å². The van der Waals surface area contributed by atoms with Crippen LogP contribution < -0.4 is 5.73 Å². The van der Waals surface area contributed by atoms with Crippen LogP contribution in [0.5, 0.6) is 0 Å². The standard InChI is InChI=1S/C18H26F2N2O2/c19-18(20,12-10-15(21)17(23)24)11-4-3-6-14-9-8-13-5-1-2-7-16(13)22-14/h8-9,15H,1-7,10-12,21H2,(H,23,24)/t15-/m0/s1. The number of carboxylic acid groups (broad SMARTS) is 1. The van der Waals surface area contributed by atoms with Crippen LogP contribution in [-0.4, -0.2) is 28.0 Å². The van der Waals surface area contributed by atoms with Crippen LogP contribution in [0.25, 0.3) is 0 Å². The monoisotopic (exact) mass is 340 g/mol. The molecule has 1 aromatic heterocycles. The van der Waals surface area contributed by atoms with Crippen molar-refractivity contribution >= 4 is 5.97 Å².